The second-order valence-corrected chi connectivity index (χ2v) is 14.1. The van der Waals surface area contributed by atoms with E-state index in [0.29, 0.717) is 0 Å². The summed E-state index contributed by atoms with van der Waals surface area (Å²) in [6.45, 7) is 0. The Balaban J connectivity index is 1.10. The molecule has 11 rings (SSSR count). The lowest BCUT2D eigenvalue weighted by Gasteiger charge is -2.26. The van der Waals surface area contributed by atoms with E-state index >= 15 is 0 Å². The number of fused-ring (bicyclic) bond motifs is 7. The van der Waals surface area contributed by atoms with E-state index in [0.717, 1.165) is 82.8 Å². The molecule has 0 amide bonds. The number of hydrogen-bond donors (Lipinski definition) is 0. The Bertz CT molecular complexity index is 3090. The fraction of sp³-hybridized carbons (Fsp3) is 0. The van der Waals surface area contributed by atoms with Crippen LogP contribution in [0.1, 0.15) is 0 Å². The predicted molar refractivity (Wildman–Crippen MR) is 229 cm³/mol. The van der Waals surface area contributed by atoms with Gasteiger partial charge in [0.25, 0.3) is 0 Å². The summed E-state index contributed by atoms with van der Waals surface area (Å²) in [5, 5.41) is 6.64. The van der Waals surface area contributed by atoms with Crippen molar-refractivity contribution in [3.05, 3.63) is 200 Å². The summed E-state index contributed by atoms with van der Waals surface area (Å²) in [5.41, 5.74) is 13.4. The molecule has 0 bridgehead atoms. The molecule has 0 unspecified atom stereocenters. The van der Waals surface area contributed by atoms with Gasteiger partial charge >= 0.3 is 0 Å². The van der Waals surface area contributed by atoms with Crippen molar-refractivity contribution in [1.29, 1.82) is 0 Å². The molecule has 9 aromatic carbocycles. The van der Waals surface area contributed by atoms with Crippen molar-refractivity contribution in [3.63, 3.8) is 0 Å². The van der Waals surface area contributed by atoms with E-state index in [2.05, 4.69) is 193 Å². The fourth-order valence-corrected chi connectivity index (χ4v) is 8.23. The Kier molecular flexibility index (Phi) is 7.17. The van der Waals surface area contributed by atoms with Gasteiger partial charge in [-0.25, -0.2) is 0 Å². The van der Waals surface area contributed by atoms with E-state index < -0.39 is 0 Å². The molecule has 0 saturated heterocycles. The molecule has 2 aromatic heterocycles. The van der Waals surface area contributed by atoms with E-state index in [4.69, 9.17) is 8.83 Å². The molecule has 0 aliphatic heterocycles. The first-order valence-electron chi connectivity index (χ1n) is 18.7. The van der Waals surface area contributed by atoms with Gasteiger partial charge in [0.05, 0.1) is 0 Å². The zero-order chi connectivity index (χ0) is 36.3. The van der Waals surface area contributed by atoms with Crippen molar-refractivity contribution in [1.82, 2.24) is 0 Å². The first-order valence-corrected chi connectivity index (χ1v) is 18.7. The molecule has 0 saturated carbocycles. The Labute approximate surface area is 317 Å². The van der Waals surface area contributed by atoms with Gasteiger partial charge in [0.2, 0.25) is 0 Å². The minimum absolute atomic E-state index is 0.827. The normalized spacial score (nSPS) is 11.6. The van der Waals surface area contributed by atoms with Crippen molar-refractivity contribution < 1.29 is 8.83 Å². The van der Waals surface area contributed by atoms with Crippen LogP contribution in [0.3, 0.4) is 0 Å². The number of nitrogens with zero attached hydrogens (tertiary/aromatic N) is 1. The Morgan fingerprint density at radius 2 is 0.836 bits per heavy atom. The minimum atomic E-state index is 0.827. The molecule has 11 aromatic rings. The lowest BCUT2D eigenvalue weighted by atomic mass is 9.94. The van der Waals surface area contributed by atoms with Crippen LogP contribution in [0.2, 0.25) is 0 Å². The molecule has 3 heteroatoms. The smallest absolute Gasteiger partial charge is 0.144 e. The Hall–Kier alpha value is -7.36. The second kappa shape index (κ2) is 12.6. The molecule has 0 atom stereocenters. The predicted octanol–water partition coefficient (Wildman–Crippen LogP) is 15.1. The average Bonchev–Trinajstić information content (AvgIpc) is 3.82. The molecule has 2 heterocycles. The van der Waals surface area contributed by atoms with E-state index in [1.54, 1.807) is 0 Å². The maximum absolute atomic E-state index is 7.02. The largest absolute Gasteiger partial charge is 0.455 e. The van der Waals surface area contributed by atoms with Crippen LogP contribution in [0.15, 0.2) is 209 Å². The summed E-state index contributed by atoms with van der Waals surface area (Å²) in [6.07, 6.45) is 0. The van der Waals surface area contributed by atoms with Crippen LogP contribution >= 0.6 is 0 Å². The number of hydrogen-bond acceptors (Lipinski definition) is 3. The third-order valence-corrected chi connectivity index (χ3v) is 10.9. The van der Waals surface area contributed by atoms with E-state index in [9.17, 15) is 0 Å². The summed E-state index contributed by atoms with van der Waals surface area (Å²) in [4.78, 5) is 2.31. The zero-order valence-electron chi connectivity index (χ0n) is 29.8. The van der Waals surface area contributed by atoms with Crippen molar-refractivity contribution in [2.75, 3.05) is 4.90 Å². The van der Waals surface area contributed by atoms with Crippen LogP contribution in [0.4, 0.5) is 17.1 Å². The van der Waals surface area contributed by atoms with Crippen LogP contribution in [-0.4, -0.2) is 0 Å². The molecular weight excluding hydrogens is 671 g/mol. The minimum Gasteiger partial charge on any atom is -0.455 e. The topological polar surface area (TPSA) is 29.5 Å². The number of para-hydroxylation sites is 2. The molecule has 0 aliphatic carbocycles. The van der Waals surface area contributed by atoms with E-state index in [1.807, 2.05) is 12.1 Å². The summed E-state index contributed by atoms with van der Waals surface area (Å²) >= 11 is 0. The van der Waals surface area contributed by atoms with Gasteiger partial charge in [0.15, 0.2) is 0 Å². The van der Waals surface area contributed by atoms with Gasteiger partial charge in [-0.15, -0.1) is 0 Å². The summed E-state index contributed by atoms with van der Waals surface area (Å²) in [6, 6.07) is 70.8. The first-order chi connectivity index (χ1) is 27.3. The van der Waals surface area contributed by atoms with Crippen LogP contribution in [0, 0.1) is 0 Å². The highest BCUT2D eigenvalue weighted by atomic mass is 16.3. The zero-order valence-corrected chi connectivity index (χ0v) is 29.8. The van der Waals surface area contributed by atoms with Gasteiger partial charge in [-0.3, -0.25) is 0 Å². The Morgan fingerprint density at radius 3 is 1.53 bits per heavy atom. The van der Waals surface area contributed by atoms with Crippen molar-refractivity contribution in [3.8, 4) is 33.4 Å². The van der Waals surface area contributed by atoms with Crippen LogP contribution in [-0.2, 0) is 0 Å². The van der Waals surface area contributed by atoms with Gasteiger partial charge in [0.1, 0.15) is 22.3 Å². The van der Waals surface area contributed by atoms with Gasteiger partial charge in [-0.05, 0) is 81.6 Å². The lowest BCUT2D eigenvalue weighted by Crippen LogP contribution is -2.09. The maximum atomic E-state index is 7.02. The molecule has 0 spiro atoms. The highest BCUT2D eigenvalue weighted by molar-refractivity contribution is 6.22. The van der Waals surface area contributed by atoms with E-state index in [1.165, 1.54) is 22.3 Å². The summed E-state index contributed by atoms with van der Waals surface area (Å²) in [7, 11) is 0. The van der Waals surface area contributed by atoms with E-state index in [-0.39, 0.29) is 0 Å². The SMILES string of the molecule is c1ccc(-c2ccc(N(c3ccc(-c4ccccc4)cc3)c3ccc4c(c3)oc3c(-c5cccc6c5oc5ccccc56)c5ccccc5cc34)cc2)cc1. The molecule has 258 valence electrons. The summed E-state index contributed by atoms with van der Waals surface area (Å²) in [5.74, 6) is 0. The quantitative estimate of drug-likeness (QED) is 0.173. The molecule has 3 nitrogen and oxygen atoms in total. The summed E-state index contributed by atoms with van der Waals surface area (Å²) < 4.78 is 13.6. The number of benzene rings is 9. The fourth-order valence-electron chi connectivity index (χ4n) is 8.23. The molecule has 0 N–H and O–H groups in total. The number of anilines is 3. The van der Waals surface area contributed by atoms with Crippen LogP contribution in [0.5, 0.6) is 0 Å². The van der Waals surface area contributed by atoms with Crippen molar-refractivity contribution in [2.24, 2.45) is 0 Å². The molecule has 0 radical (unpaired) electrons. The van der Waals surface area contributed by atoms with Gasteiger partial charge in [-0.1, -0.05) is 146 Å². The Morgan fingerprint density at radius 1 is 0.309 bits per heavy atom. The highest BCUT2D eigenvalue weighted by Gasteiger charge is 2.22. The van der Waals surface area contributed by atoms with Crippen LogP contribution in [0.25, 0.3) is 88.0 Å². The lowest BCUT2D eigenvalue weighted by molar-refractivity contribution is 0.665. The van der Waals surface area contributed by atoms with Crippen molar-refractivity contribution >= 4 is 71.7 Å². The third kappa shape index (κ3) is 5.20. The molecule has 0 aliphatic rings. The molecule has 0 fully saturated rings. The monoisotopic (exact) mass is 703 g/mol. The highest BCUT2D eigenvalue weighted by Crippen LogP contribution is 2.46. The second-order valence-electron chi connectivity index (χ2n) is 14.1. The van der Waals surface area contributed by atoms with Crippen LogP contribution < -0.4 is 4.90 Å². The maximum Gasteiger partial charge on any atom is 0.144 e. The third-order valence-electron chi connectivity index (χ3n) is 10.9. The molecule has 55 heavy (non-hydrogen) atoms. The number of rotatable bonds is 6. The van der Waals surface area contributed by atoms with Crippen molar-refractivity contribution in [2.45, 2.75) is 0 Å². The standard InChI is InChI=1S/C52H33NO2/c1-3-12-34(13-4-1)36-22-26-39(27-23-36)53(40-28-24-37(25-29-40)35-14-5-2-6-15-35)41-30-31-44-47-32-38-16-7-8-17-42(38)50(52(47)55-49(44)33-41)46-20-11-19-45-43-18-9-10-21-48(43)54-51(45)46/h1-33H. The van der Waals surface area contributed by atoms with Gasteiger partial charge in [-0.2, -0.15) is 0 Å². The average molecular weight is 704 g/mol. The van der Waals surface area contributed by atoms with Gasteiger partial charge < -0.3 is 13.7 Å². The van der Waals surface area contributed by atoms with Gasteiger partial charge in [0, 0.05) is 55.8 Å². The number of furan rings is 2. The first kappa shape index (κ1) is 31.2. The molecular formula is C52H33NO2.